The molecule has 56 heavy (non-hydrogen) atoms. The van der Waals surface area contributed by atoms with Crippen molar-refractivity contribution in [2.24, 2.45) is 5.92 Å². The Balaban J connectivity index is 0.729. The molecule has 0 aromatic heterocycles. The normalized spacial score (nSPS) is 23.9. The Morgan fingerprint density at radius 2 is 1.50 bits per heavy atom. The van der Waals surface area contributed by atoms with Gasteiger partial charge in [-0.25, -0.2) is 0 Å². The van der Waals surface area contributed by atoms with Gasteiger partial charge in [0.05, 0.1) is 21.7 Å². The average molecular weight is 774 g/mol. The van der Waals surface area contributed by atoms with Crippen LogP contribution in [0.15, 0.2) is 48.5 Å². The number of nitrogens with one attached hydrogen (secondary N) is 2. The lowest BCUT2D eigenvalue weighted by molar-refractivity contribution is -0.136. The highest BCUT2D eigenvalue weighted by atomic mass is 35.5. The summed E-state index contributed by atoms with van der Waals surface area (Å²) in [5.41, 5.74) is 7.44. The molecule has 1 unspecified atom stereocenters. The minimum Gasteiger partial charge on any atom is -0.372 e. The molecule has 3 fully saturated rings. The summed E-state index contributed by atoms with van der Waals surface area (Å²) in [6, 6.07) is 17.3. The van der Waals surface area contributed by atoms with Crippen LogP contribution in [0.3, 0.4) is 0 Å². The number of amides is 5. The first-order valence-electron chi connectivity index (χ1n) is 19.9. The molecule has 9 rings (SSSR count). The molecule has 0 bridgehead atoms. The summed E-state index contributed by atoms with van der Waals surface area (Å²) < 4.78 is 0. The zero-order chi connectivity index (χ0) is 38.7. The van der Waals surface area contributed by atoms with Gasteiger partial charge in [0.2, 0.25) is 11.8 Å². The first kappa shape index (κ1) is 36.4. The second kappa shape index (κ2) is 14.7. The molecular formula is C43H44ClN7O5. The Labute approximate surface area is 330 Å². The first-order valence-corrected chi connectivity index (χ1v) is 20.3. The lowest BCUT2D eigenvalue weighted by atomic mass is 9.90. The molecule has 288 valence electrons. The number of carbonyl (C=O) groups is 5. The molecule has 1 atom stereocenters. The van der Waals surface area contributed by atoms with E-state index < -0.39 is 23.8 Å². The van der Waals surface area contributed by atoms with Crippen molar-refractivity contribution in [3.8, 4) is 6.07 Å². The maximum Gasteiger partial charge on any atom is 0.262 e. The van der Waals surface area contributed by atoms with Crippen molar-refractivity contribution in [2.75, 3.05) is 36.0 Å². The van der Waals surface area contributed by atoms with Crippen LogP contribution in [0.4, 0.5) is 11.4 Å². The summed E-state index contributed by atoms with van der Waals surface area (Å²) in [6.07, 6.45) is 7.11. The standard InChI is InChI=1S/C43H44ClN7O5/c44-36-20-38-27(17-28(36)21-45)13-16-50(38)33-7-3-31(4-8-33)46-40(53)26-1-5-32(6-2-26)49-14-11-25(12-15-49)22-48-23-29-18-34-35(19-30(29)24-48)43(56)51(42(34)55)37-9-10-39(52)47-41(37)54/h1-2,5-6,17-20,25,31,33,37H,3-4,7-16,22-24H2,(H,46,53)(H,47,52,54)/t31-,33-,37?. The van der Waals surface area contributed by atoms with Gasteiger partial charge < -0.3 is 15.1 Å². The van der Waals surface area contributed by atoms with E-state index in [9.17, 15) is 29.2 Å². The summed E-state index contributed by atoms with van der Waals surface area (Å²) in [4.78, 5) is 72.1. The van der Waals surface area contributed by atoms with Gasteiger partial charge in [0.15, 0.2) is 0 Å². The van der Waals surface area contributed by atoms with Gasteiger partial charge in [0, 0.05) is 74.7 Å². The number of benzene rings is 3. The van der Waals surface area contributed by atoms with Crippen LogP contribution in [-0.2, 0) is 29.1 Å². The van der Waals surface area contributed by atoms with Gasteiger partial charge in [-0.1, -0.05) is 11.6 Å². The van der Waals surface area contributed by atoms with E-state index in [-0.39, 0.29) is 30.7 Å². The van der Waals surface area contributed by atoms with E-state index in [2.05, 4.69) is 43.5 Å². The molecule has 3 aromatic rings. The molecule has 1 aliphatic carbocycles. The smallest absolute Gasteiger partial charge is 0.262 e. The van der Waals surface area contributed by atoms with Gasteiger partial charge in [0.25, 0.3) is 17.7 Å². The summed E-state index contributed by atoms with van der Waals surface area (Å²) in [7, 11) is 0. The number of fused-ring (bicyclic) bond motifs is 3. The SMILES string of the molecule is N#Cc1cc2c(cc1Cl)N([C@H]1CC[C@H](NC(=O)c3ccc(N4CCC(CN5Cc6cc7c(cc6C5)C(=O)N(C5CCC(=O)NC5=O)C7=O)CC4)cc3)CC1)CC2. The molecular weight excluding hydrogens is 730 g/mol. The van der Waals surface area contributed by atoms with Crippen LogP contribution in [0, 0.1) is 17.2 Å². The molecule has 13 heteroatoms. The molecule has 0 spiro atoms. The van der Waals surface area contributed by atoms with Crippen LogP contribution in [0.5, 0.6) is 0 Å². The van der Waals surface area contributed by atoms with Crippen molar-refractivity contribution < 1.29 is 24.0 Å². The maximum absolute atomic E-state index is 13.3. The number of rotatable bonds is 7. The molecule has 3 aromatic carbocycles. The van der Waals surface area contributed by atoms with Crippen molar-refractivity contribution in [1.82, 2.24) is 20.4 Å². The fourth-order valence-corrected chi connectivity index (χ4v) is 10.0. The van der Waals surface area contributed by atoms with Crippen molar-refractivity contribution in [1.29, 1.82) is 5.26 Å². The summed E-state index contributed by atoms with van der Waals surface area (Å²) in [5, 5.41) is 15.4. The molecule has 0 radical (unpaired) electrons. The third-order valence-corrected chi connectivity index (χ3v) is 13.2. The van der Waals surface area contributed by atoms with E-state index >= 15 is 0 Å². The maximum atomic E-state index is 13.3. The Kier molecular flexibility index (Phi) is 9.54. The Morgan fingerprint density at radius 3 is 2.14 bits per heavy atom. The third kappa shape index (κ3) is 6.71. The topological polar surface area (TPSA) is 146 Å². The van der Waals surface area contributed by atoms with E-state index in [4.69, 9.17) is 11.6 Å². The lowest BCUT2D eigenvalue weighted by Gasteiger charge is -2.36. The number of nitriles is 1. The molecule has 6 aliphatic rings. The number of carbonyl (C=O) groups excluding carboxylic acids is 5. The molecule has 1 saturated carbocycles. The highest BCUT2D eigenvalue weighted by molar-refractivity contribution is 6.32. The average Bonchev–Trinajstić information content (AvgIpc) is 3.87. The molecule has 12 nitrogen and oxygen atoms in total. The number of piperidine rings is 2. The van der Waals surface area contributed by atoms with Crippen molar-refractivity contribution in [3.63, 3.8) is 0 Å². The molecule has 2 N–H and O–H groups in total. The Morgan fingerprint density at radius 1 is 0.821 bits per heavy atom. The van der Waals surface area contributed by atoms with Crippen molar-refractivity contribution in [2.45, 2.75) is 89.0 Å². The zero-order valence-corrected chi connectivity index (χ0v) is 31.9. The van der Waals surface area contributed by atoms with Crippen LogP contribution < -0.4 is 20.4 Å². The quantitative estimate of drug-likeness (QED) is 0.319. The van der Waals surface area contributed by atoms with Crippen LogP contribution in [0.2, 0.25) is 5.02 Å². The van der Waals surface area contributed by atoms with E-state index in [1.807, 2.05) is 36.4 Å². The number of anilines is 2. The number of hydrogen-bond acceptors (Lipinski definition) is 9. The van der Waals surface area contributed by atoms with Crippen LogP contribution in [0.1, 0.15) is 105 Å². The van der Waals surface area contributed by atoms with Crippen LogP contribution in [-0.4, -0.2) is 83.6 Å². The summed E-state index contributed by atoms with van der Waals surface area (Å²) >= 11 is 6.37. The zero-order valence-electron chi connectivity index (χ0n) is 31.2. The van der Waals surface area contributed by atoms with Gasteiger partial charge in [-0.2, -0.15) is 5.26 Å². The molecule has 5 aliphatic heterocycles. The predicted molar refractivity (Wildman–Crippen MR) is 209 cm³/mol. The van der Waals surface area contributed by atoms with Gasteiger partial charge in [-0.05, 0) is 123 Å². The largest absolute Gasteiger partial charge is 0.372 e. The summed E-state index contributed by atoms with van der Waals surface area (Å²) in [5.74, 6) is -1.42. The predicted octanol–water partition coefficient (Wildman–Crippen LogP) is 4.95. The van der Waals surface area contributed by atoms with E-state index in [1.165, 1.54) is 5.56 Å². The fourth-order valence-electron chi connectivity index (χ4n) is 9.83. The number of halogens is 1. The van der Waals surface area contributed by atoms with Gasteiger partial charge in [-0.3, -0.25) is 39.1 Å². The Hall–Kier alpha value is -5.25. The van der Waals surface area contributed by atoms with E-state index in [1.54, 1.807) is 0 Å². The lowest BCUT2D eigenvalue weighted by Crippen LogP contribution is -2.54. The van der Waals surface area contributed by atoms with E-state index in [0.29, 0.717) is 52.3 Å². The van der Waals surface area contributed by atoms with Crippen molar-refractivity contribution >= 4 is 52.5 Å². The van der Waals surface area contributed by atoms with Crippen LogP contribution >= 0.6 is 11.6 Å². The number of nitrogens with zero attached hydrogens (tertiary/aromatic N) is 5. The Bertz CT molecular complexity index is 2140. The van der Waals surface area contributed by atoms with Gasteiger partial charge in [0.1, 0.15) is 12.1 Å². The summed E-state index contributed by atoms with van der Waals surface area (Å²) in [6.45, 7) is 5.15. The third-order valence-electron chi connectivity index (χ3n) is 12.9. The monoisotopic (exact) mass is 773 g/mol. The first-order chi connectivity index (χ1) is 27.1. The second-order valence-corrected chi connectivity index (χ2v) is 16.7. The van der Waals surface area contributed by atoms with Crippen molar-refractivity contribution in [3.05, 3.63) is 92.5 Å². The van der Waals surface area contributed by atoms with Gasteiger partial charge in [-0.15, -0.1) is 0 Å². The van der Waals surface area contributed by atoms with Gasteiger partial charge >= 0.3 is 0 Å². The minimum absolute atomic E-state index is 0.0294. The minimum atomic E-state index is -0.959. The molecule has 5 amide bonds. The van der Waals surface area contributed by atoms with Crippen LogP contribution in [0.25, 0.3) is 0 Å². The molecule has 2 saturated heterocycles. The fraction of sp³-hybridized carbons (Fsp3) is 0.442. The highest BCUT2D eigenvalue weighted by Crippen LogP contribution is 2.38. The highest BCUT2D eigenvalue weighted by Gasteiger charge is 2.45. The second-order valence-electron chi connectivity index (χ2n) is 16.3. The molecule has 5 heterocycles. The number of imide groups is 2. The number of hydrogen-bond donors (Lipinski definition) is 2. The van der Waals surface area contributed by atoms with E-state index in [0.717, 1.165) is 98.5 Å².